The maximum Gasteiger partial charge on any atom is 0.352 e. The molecule has 0 spiro atoms. The molecule has 0 saturated carbocycles. The molecule has 0 unspecified atom stereocenters. The summed E-state index contributed by atoms with van der Waals surface area (Å²) in [7, 11) is 0. The Kier molecular flexibility index (Phi) is 5.62. The first-order valence-electron chi connectivity index (χ1n) is 7.65. The highest BCUT2D eigenvalue weighted by Gasteiger charge is 2.53. The Hall–Kier alpha value is -2.64. The molecule has 1 saturated heterocycles. The van der Waals surface area contributed by atoms with Gasteiger partial charge in [0.15, 0.2) is 10.8 Å². The largest absolute Gasteiger partial charge is 0.477 e. The summed E-state index contributed by atoms with van der Waals surface area (Å²) in [4.78, 5) is 46.1. The maximum atomic E-state index is 12.6. The second-order valence-corrected chi connectivity index (χ2v) is 7.38. The third-order valence-corrected chi connectivity index (χ3v) is 5.53. The topological polar surface area (TPSA) is 167 Å². The summed E-state index contributed by atoms with van der Waals surface area (Å²) in [5.74, 6) is -2.03. The van der Waals surface area contributed by atoms with Gasteiger partial charge in [0.25, 0.3) is 11.8 Å². The van der Waals surface area contributed by atoms with Crippen LogP contribution in [0.2, 0.25) is 0 Å². The van der Waals surface area contributed by atoms with Crippen LogP contribution in [-0.2, 0) is 19.2 Å². The number of thioether (sulfide) groups is 1. The van der Waals surface area contributed by atoms with Crippen LogP contribution in [0, 0.1) is 0 Å². The number of nitrogens with two attached hydrogens (primary N) is 1. The molecule has 2 atom stereocenters. The number of β-lactam (4-membered cyclic amide) rings is 1. The summed E-state index contributed by atoms with van der Waals surface area (Å²) in [6.07, 6.45) is 1.45. The zero-order chi connectivity index (χ0) is 19.6. The van der Waals surface area contributed by atoms with Gasteiger partial charge in [-0.25, -0.2) is 9.78 Å². The number of carbonyl (C=O) groups is 3. The van der Waals surface area contributed by atoms with E-state index in [2.05, 4.69) is 15.5 Å². The van der Waals surface area contributed by atoms with Crippen molar-refractivity contribution >= 4 is 51.7 Å². The quantitative estimate of drug-likeness (QED) is 0.186. The molecule has 0 bridgehead atoms. The Bertz CT molecular complexity index is 838. The molecule has 13 heteroatoms. The van der Waals surface area contributed by atoms with Crippen LogP contribution in [0.4, 0.5) is 5.13 Å². The van der Waals surface area contributed by atoms with Gasteiger partial charge in [0.05, 0.1) is 6.61 Å². The number of carboxylic acid groups (broad SMARTS) is 1. The second-order valence-electron chi connectivity index (χ2n) is 5.35. The van der Waals surface area contributed by atoms with Gasteiger partial charge in [-0.2, -0.15) is 0 Å². The van der Waals surface area contributed by atoms with Crippen molar-refractivity contribution < 1.29 is 29.4 Å². The molecular formula is C14H15N5O6S2. The summed E-state index contributed by atoms with van der Waals surface area (Å²) in [6, 6.07) is -0.899. The minimum atomic E-state index is -1.20. The van der Waals surface area contributed by atoms with Gasteiger partial charge in [-0.3, -0.25) is 14.5 Å². The van der Waals surface area contributed by atoms with E-state index in [0.717, 1.165) is 16.2 Å². The highest BCUT2D eigenvalue weighted by atomic mass is 32.2. The standard InChI is InChI=1S/C14H15N5O6S2/c15-14-16-6(5-27-14)8(18-25-3-2-20)10(21)17-9-11(22)19-7(13(23)24)1-4-26-12(9)19/h1,5,9,12,20H,2-4H2,(H2,15,16)(H,17,21)(H,23,24)/b18-8-/t9-,12-/m1/s1. The minimum Gasteiger partial charge on any atom is -0.477 e. The first-order valence-corrected chi connectivity index (χ1v) is 9.58. The van der Waals surface area contributed by atoms with Crippen LogP contribution >= 0.6 is 23.1 Å². The van der Waals surface area contributed by atoms with E-state index in [1.54, 1.807) is 0 Å². The lowest BCUT2D eigenvalue weighted by Crippen LogP contribution is -2.70. The number of carbonyl (C=O) groups excluding carboxylic acids is 2. The van der Waals surface area contributed by atoms with E-state index in [-0.39, 0.29) is 35.4 Å². The maximum absolute atomic E-state index is 12.6. The summed E-state index contributed by atoms with van der Waals surface area (Å²) in [5.41, 5.74) is 5.45. The SMILES string of the molecule is Nc1nc(/C(=N/OCCO)C(=O)N[C@@H]2C(=O)N3C(C(=O)O)=CCS[C@H]23)cs1. The molecule has 5 N–H and O–H groups in total. The molecule has 11 nitrogen and oxygen atoms in total. The fourth-order valence-electron chi connectivity index (χ4n) is 2.50. The molecule has 3 heterocycles. The molecule has 3 rings (SSSR count). The molecule has 0 aliphatic carbocycles. The van der Waals surface area contributed by atoms with Crippen LogP contribution in [0.25, 0.3) is 0 Å². The number of thiazole rings is 1. The molecule has 2 aliphatic heterocycles. The first kappa shape index (κ1) is 19.1. The van der Waals surface area contributed by atoms with Gasteiger partial charge < -0.3 is 26.1 Å². The normalized spacial score (nSPS) is 21.8. The van der Waals surface area contributed by atoms with E-state index in [9.17, 15) is 19.5 Å². The summed E-state index contributed by atoms with van der Waals surface area (Å²) < 4.78 is 0. The first-order chi connectivity index (χ1) is 12.9. The van der Waals surface area contributed by atoms with Crippen LogP contribution in [0.15, 0.2) is 22.3 Å². The number of aromatic nitrogens is 1. The summed E-state index contributed by atoms with van der Waals surface area (Å²) in [6.45, 7) is -0.422. The zero-order valence-corrected chi connectivity index (χ0v) is 15.3. The molecule has 27 heavy (non-hydrogen) atoms. The van der Waals surface area contributed by atoms with Gasteiger partial charge in [-0.1, -0.05) is 5.16 Å². The molecule has 2 aliphatic rings. The Labute approximate surface area is 160 Å². The lowest BCUT2D eigenvalue weighted by atomic mass is 10.0. The van der Waals surface area contributed by atoms with Gasteiger partial charge in [0, 0.05) is 11.1 Å². The number of rotatable bonds is 7. The fraction of sp³-hybridized carbons (Fsp3) is 0.357. The van der Waals surface area contributed by atoms with Crippen molar-refractivity contribution in [1.29, 1.82) is 0 Å². The average molecular weight is 413 g/mol. The van der Waals surface area contributed by atoms with Crippen LogP contribution in [-0.4, -0.2) is 74.0 Å². The van der Waals surface area contributed by atoms with Gasteiger partial charge in [0.2, 0.25) is 0 Å². The number of amides is 2. The van der Waals surface area contributed by atoms with E-state index in [4.69, 9.17) is 15.7 Å². The molecule has 1 aromatic heterocycles. The Morgan fingerprint density at radius 2 is 2.30 bits per heavy atom. The third kappa shape index (κ3) is 3.74. The van der Waals surface area contributed by atoms with E-state index in [1.165, 1.54) is 23.2 Å². The number of nitrogen functional groups attached to an aromatic ring is 1. The molecule has 1 aromatic rings. The van der Waals surface area contributed by atoms with E-state index in [0.29, 0.717) is 5.75 Å². The Morgan fingerprint density at radius 3 is 2.93 bits per heavy atom. The minimum absolute atomic E-state index is 0.0957. The van der Waals surface area contributed by atoms with Gasteiger partial charge in [-0.05, 0) is 6.08 Å². The lowest BCUT2D eigenvalue weighted by Gasteiger charge is -2.48. The van der Waals surface area contributed by atoms with E-state index in [1.807, 2.05) is 0 Å². The highest BCUT2D eigenvalue weighted by Crippen LogP contribution is 2.37. The number of aliphatic hydroxyl groups excluding tert-OH is 1. The summed E-state index contributed by atoms with van der Waals surface area (Å²) in [5, 5.41) is 25.4. The monoisotopic (exact) mass is 413 g/mol. The van der Waals surface area contributed by atoms with Crippen LogP contribution in [0.3, 0.4) is 0 Å². The van der Waals surface area contributed by atoms with Gasteiger partial charge in [-0.15, -0.1) is 23.1 Å². The molecule has 0 radical (unpaired) electrons. The van der Waals surface area contributed by atoms with E-state index >= 15 is 0 Å². The van der Waals surface area contributed by atoms with Crippen molar-refractivity contribution in [1.82, 2.24) is 15.2 Å². The molecule has 1 fully saturated rings. The Morgan fingerprint density at radius 1 is 1.52 bits per heavy atom. The van der Waals surface area contributed by atoms with Gasteiger partial charge >= 0.3 is 5.97 Å². The number of nitrogens with zero attached hydrogens (tertiary/aromatic N) is 3. The average Bonchev–Trinajstić information content (AvgIpc) is 3.08. The van der Waals surface area contributed by atoms with Crippen molar-refractivity contribution in [2.24, 2.45) is 5.16 Å². The van der Waals surface area contributed by atoms with Gasteiger partial charge in [0.1, 0.15) is 29.4 Å². The van der Waals surface area contributed by atoms with Crippen molar-refractivity contribution in [2.75, 3.05) is 24.7 Å². The smallest absolute Gasteiger partial charge is 0.352 e. The number of aliphatic carboxylic acids is 1. The predicted octanol–water partition coefficient (Wildman–Crippen LogP) is -1.19. The highest BCUT2D eigenvalue weighted by molar-refractivity contribution is 8.00. The molecule has 0 aromatic carbocycles. The van der Waals surface area contributed by atoms with Crippen LogP contribution in [0.5, 0.6) is 0 Å². The summed E-state index contributed by atoms with van der Waals surface area (Å²) >= 11 is 2.43. The Balaban J connectivity index is 1.75. The zero-order valence-electron chi connectivity index (χ0n) is 13.7. The lowest BCUT2D eigenvalue weighted by molar-refractivity contribution is -0.150. The fourth-order valence-corrected chi connectivity index (χ4v) is 4.24. The van der Waals surface area contributed by atoms with Crippen LogP contribution in [0.1, 0.15) is 5.69 Å². The number of hydrogen-bond acceptors (Lipinski definition) is 10. The van der Waals surface area contributed by atoms with Crippen molar-refractivity contribution in [3.8, 4) is 0 Å². The number of anilines is 1. The van der Waals surface area contributed by atoms with Crippen molar-refractivity contribution in [3.05, 3.63) is 22.8 Å². The van der Waals surface area contributed by atoms with Crippen molar-refractivity contribution in [3.63, 3.8) is 0 Å². The van der Waals surface area contributed by atoms with Crippen molar-refractivity contribution in [2.45, 2.75) is 11.4 Å². The predicted molar refractivity (Wildman–Crippen MR) is 96.8 cm³/mol. The third-order valence-electron chi connectivity index (χ3n) is 3.67. The molecule has 144 valence electrons. The number of nitrogens with one attached hydrogen (secondary N) is 1. The second kappa shape index (κ2) is 7.94. The van der Waals surface area contributed by atoms with E-state index < -0.39 is 29.2 Å². The molecule has 2 amide bonds. The molecular weight excluding hydrogens is 398 g/mol. The number of carboxylic acids is 1. The van der Waals surface area contributed by atoms with Crippen LogP contribution < -0.4 is 11.1 Å². The number of oxime groups is 1. The number of hydrogen-bond donors (Lipinski definition) is 4. The number of aliphatic hydroxyl groups is 1. The number of fused-ring (bicyclic) bond motifs is 1.